The predicted octanol–water partition coefficient (Wildman–Crippen LogP) is 1.30. The lowest BCUT2D eigenvalue weighted by molar-refractivity contribution is 0.0974. The average Bonchev–Trinajstić information content (AvgIpc) is 2.55. The highest BCUT2D eigenvalue weighted by atomic mass is 32.2. The van der Waals surface area contributed by atoms with E-state index in [-0.39, 0.29) is 21.8 Å². The van der Waals surface area contributed by atoms with Crippen molar-refractivity contribution < 1.29 is 22.7 Å². The van der Waals surface area contributed by atoms with E-state index >= 15 is 0 Å². The summed E-state index contributed by atoms with van der Waals surface area (Å²) in [5.74, 6) is -1.19. The Kier molecular flexibility index (Phi) is 5.20. The number of hydrogen-bond acceptors (Lipinski definition) is 5. The third-order valence-corrected chi connectivity index (χ3v) is 4.45. The second-order valence-corrected chi connectivity index (χ2v) is 6.43. The Morgan fingerprint density at radius 1 is 1.08 bits per heavy atom. The van der Waals surface area contributed by atoms with Gasteiger partial charge < -0.3 is 10.5 Å². The molecule has 2 aromatic rings. The van der Waals surface area contributed by atoms with Gasteiger partial charge >= 0.3 is 0 Å². The Morgan fingerprint density at radius 3 is 2.29 bits per heavy atom. The van der Waals surface area contributed by atoms with Crippen LogP contribution in [0.2, 0.25) is 0 Å². The van der Waals surface area contributed by atoms with Crippen LogP contribution in [0.5, 0.6) is 5.75 Å². The summed E-state index contributed by atoms with van der Waals surface area (Å²) in [4.78, 5) is 23.1. The molecule has 0 aliphatic heterocycles. The van der Waals surface area contributed by atoms with Crippen molar-refractivity contribution in [1.29, 1.82) is 0 Å². The molecular weight excluding hydrogens is 332 g/mol. The topological polar surface area (TPSA) is 116 Å². The molecule has 126 valence electrons. The number of primary amides is 1. The van der Waals surface area contributed by atoms with Crippen LogP contribution < -0.4 is 15.2 Å². The molecule has 0 aromatic heterocycles. The second-order valence-electron chi connectivity index (χ2n) is 4.75. The van der Waals surface area contributed by atoms with E-state index in [1.54, 1.807) is 25.1 Å². The summed E-state index contributed by atoms with van der Waals surface area (Å²) in [7, 11) is -4.09. The third kappa shape index (κ3) is 3.90. The van der Waals surface area contributed by atoms with Crippen molar-refractivity contribution in [2.75, 3.05) is 6.61 Å². The van der Waals surface area contributed by atoms with Gasteiger partial charge in [-0.25, -0.2) is 13.1 Å². The zero-order chi connectivity index (χ0) is 17.7. The molecule has 7 nitrogen and oxygen atoms in total. The SMILES string of the molecule is CCOc1ccccc1C(=O)NS(=O)(=O)c1ccc(C(N)=O)cc1. The van der Waals surface area contributed by atoms with Gasteiger partial charge in [0.1, 0.15) is 5.75 Å². The highest BCUT2D eigenvalue weighted by Gasteiger charge is 2.21. The molecule has 0 bridgehead atoms. The summed E-state index contributed by atoms with van der Waals surface area (Å²) in [5, 5.41) is 0. The van der Waals surface area contributed by atoms with Crippen molar-refractivity contribution in [2.24, 2.45) is 5.73 Å². The molecule has 0 radical (unpaired) electrons. The van der Waals surface area contributed by atoms with E-state index in [2.05, 4.69) is 0 Å². The molecule has 24 heavy (non-hydrogen) atoms. The first-order valence-electron chi connectivity index (χ1n) is 7.04. The lowest BCUT2D eigenvalue weighted by atomic mass is 10.2. The normalized spacial score (nSPS) is 10.9. The van der Waals surface area contributed by atoms with E-state index in [0.29, 0.717) is 6.61 Å². The van der Waals surface area contributed by atoms with Crippen LogP contribution in [0.1, 0.15) is 27.6 Å². The molecule has 0 unspecified atom stereocenters. The number of benzene rings is 2. The summed E-state index contributed by atoms with van der Waals surface area (Å²) >= 11 is 0. The first-order chi connectivity index (χ1) is 11.3. The maximum Gasteiger partial charge on any atom is 0.268 e. The number of carbonyl (C=O) groups is 2. The van der Waals surface area contributed by atoms with Gasteiger partial charge in [-0.2, -0.15) is 0 Å². The molecule has 0 atom stereocenters. The number of nitrogens with one attached hydrogen (secondary N) is 1. The summed E-state index contributed by atoms with van der Waals surface area (Å²) < 4.78 is 31.8. The molecular formula is C16H16N2O5S. The van der Waals surface area contributed by atoms with Gasteiger partial charge in [0.2, 0.25) is 5.91 Å². The van der Waals surface area contributed by atoms with Gasteiger partial charge in [-0.1, -0.05) is 12.1 Å². The molecule has 3 N–H and O–H groups in total. The number of sulfonamides is 1. The van der Waals surface area contributed by atoms with E-state index in [1.807, 2.05) is 4.72 Å². The molecule has 0 spiro atoms. The summed E-state index contributed by atoms with van der Waals surface area (Å²) in [5.41, 5.74) is 5.38. The standard InChI is InChI=1S/C16H16N2O5S/c1-2-23-14-6-4-3-5-13(14)16(20)18-24(21,22)12-9-7-11(8-10-12)15(17)19/h3-10H,2H2,1H3,(H2,17,19)(H,18,20). The van der Waals surface area contributed by atoms with E-state index in [1.165, 1.54) is 30.3 Å². The molecule has 0 saturated heterocycles. The second kappa shape index (κ2) is 7.14. The number of hydrogen-bond donors (Lipinski definition) is 2. The zero-order valence-corrected chi connectivity index (χ0v) is 13.7. The van der Waals surface area contributed by atoms with Crippen LogP contribution in [0.25, 0.3) is 0 Å². The maximum atomic E-state index is 12.3. The number of amides is 2. The first kappa shape index (κ1) is 17.5. The van der Waals surface area contributed by atoms with Crippen LogP contribution in [-0.2, 0) is 10.0 Å². The van der Waals surface area contributed by atoms with Crippen molar-refractivity contribution in [3.63, 3.8) is 0 Å². The van der Waals surface area contributed by atoms with Crippen molar-refractivity contribution in [3.8, 4) is 5.75 Å². The summed E-state index contributed by atoms with van der Waals surface area (Å²) in [6.45, 7) is 2.09. The van der Waals surface area contributed by atoms with Crippen molar-refractivity contribution in [1.82, 2.24) is 4.72 Å². The molecule has 2 amide bonds. The fourth-order valence-corrected chi connectivity index (χ4v) is 2.94. The minimum atomic E-state index is -4.09. The average molecular weight is 348 g/mol. The van der Waals surface area contributed by atoms with Crippen LogP contribution in [0, 0.1) is 0 Å². The van der Waals surface area contributed by atoms with E-state index in [9.17, 15) is 18.0 Å². The van der Waals surface area contributed by atoms with Gasteiger partial charge in [-0.05, 0) is 43.3 Å². The number of para-hydroxylation sites is 1. The molecule has 0 fully saturated rings. The number of carbonyl (C=O) groups excluding carboxylic acids is 2. The Morgan fingerprint density at radius 2 is 1.71 bits per heavy atom. The Labute approximate surface area is 139 Å². The van der Waals surface area contributed by atoms with Gasteiger partial charge in [0, 0.05) is 5.56 Å². The summed E-state index contributed by atoms with van der Waals surface area (Å²) in [6.07, 6.45) is 0. The zero-order valence-electron chi connectivity index (χ0n) is 12.9. The fraction of sp³-hybridized carbons (Fsp3) is 0.125. The molecule has 2 rings (SSSR count). The summed E-state index contributed by atoms with van der Waals surface area (Å²) in [6, 6.07) is 11.3. The van der Waals surface area contributed by atoms with Gasteiger partial charge in [0.05, 0.1) is 17.1 Å². The highest BCUT2D eigenvalue weighted by molar-refractivity contribution is 7.90. The minimum Gasteiger partial charge on any atom is -0.493 e. The fourth-order valence-electron chi connectivity index (χ4n) is 1.97. The van der Waals surface area contributed by atoms with Crippen LogP contribution >= 0.6 is 0 Å². The lowest BCUT2D eigenvalue weighted by Crippen LogP contribution is -2.31. The van der Waals surface area contributed by atoms with Crippen molar-refractivity contribution in [2.45, 2.75) is 11.8 Å². The van der Waals surface area contributed by atoms with E-state index < -0.39 is 21.8 Å². The van der Waals surface area contributed by atoms with Crippen LogP contribution in [0.3, 0.4) is 0 Å². The molecule has 0 aliphatic rings. The van der Waals surface area contributed by atoms with Gasteiger partial charge in [-0.3, -0.25) is 9.59 Å². The maximum absolute atomic E-state index is 12.3. The lowest BCUT2D eigenvalue weighted by Gasteiger charge is -2.11. The largest absolute Gasteiger partial charge is 0.493 e. The highest BCUT2D eigenvalue weighted by Crippen LogP contribution is 2.19. The number of rotatable bonds is 6. The minimum absolute atomic E-state index is 0.108. The molecule has 0 heterocycles. The van der Waals surface area contributed by atoms with Crippen molar-refractivity contribution in [3.05, 3.63) is 59.7 Å². The Bertz CT molecular complexity index is 860. The van der Waals surface area contributed by atoms with E-state index in [0.717, 1.165) is 0 Å². The quantitative estimate of drug-likeness (QED) is 0.816. The van der Waals surface area contributed by atoms with Crippen LogP contribution in [0.4, 0.5) is 0 Å². The monoisotopic (exact) mass is 348 g/mol. The number of ether oxygens (including phenoxy) is 1. The van der Waals surface area contributed by atoms with Crippen molar-refractivity contribution >= 4 is 21.8 Å². The van der Waals surface area contributed by atoms with Gasteiger partial charge in [0.25, 0.3) is 15.9 Å². The van der Waals surface area contributed by atoms with E-state index in [4.69, 9.17) is 10.5 Å². The molecule has 8 heteroatoms. The third-order valence-electron chi connectivity index (χ3n) is 3.11. The van der Waals surface area contributed by atoms with Gasteiger partial charge in [0.15, 0.2) is 0 Å². The molecule has 0 saturated carbocycles. The van der Waals surface area contributed by atoms with Gasteiger partial charge in [-0.15, -0.1) is 0 Å². The Hall–Kier alpha value is -2.87. The predicted molar refractivity (Wildman–Crippen MR) is 87.2 cm³/mol. The number of nitrogens with two attached hydrogens (primary N) is 1. The first-order valence-corrected chi connectivity index (χ1v) is 8.52. The smallest absolute Gasteiger partial charge is 0.268 e. The molecule has 0 aliphatic carbocycles. The molecule has 2 aromatic carbocycles. The Balaban J connectivity index is 2.26. The van der Waals surface area contributed by atoms with Crippen LogP contribution in [0.15, 0.2) is 53.4 Å². The van der Waals surface area contributed by atoms with Crippen LogP contribution in [-0.4, -0.2) is 26.8 Å².